The monoisotopic (exact) mass is 486 g/mol. The number of nitrogens with zero attached hydrogens (tertiary/aromatic N) is 2. The molecular weight excluding hydrogens is 464 g/mol. The van der Waals surface area contributed by atoms with Gasteiger partial charge in [-0.15, -0.1) is 0 Å². The molecule has 3 aromatic carbocycles. The SMILES string of the molecule is COc1ccccc1NS(=O)(=O)c1ccc2oc(Nc3ccc(Cc4ccncc4)cc3)nc2c1. The topological polar surface area (TPSA) is 106 Å². The van der Waals surface area contributed by atoms with E-state index in [2.05, 4.69) is 20.0 Å². The minimum absolute atomic E-state index is 0.0659. The molecule has 0 saturated heterocycles. The van der Waals surface area contributed by atoms with Gasteiger partial charge in [-0.2, -0.15) is 4.98 Å². The number of pyridine rings is 1. The van der Waals surface area contributed by atoms with Gasteiger partial charge < -0.3 is 14.5 Å². The summed E-state index contributed by atoms with van der Waals surface area (Å²) < 4.78 is 39.4. The van der Waals surface area contributed by atoms with Crippen molar-refractivity contribution < 1.29 is 17.6 Å². The lowest BCUT2D eigenvalue weighted by atomic mass is 10.1. The van der Waals surface area contributed by atoms with Crippen LogP contribution in [0.15, 0.2) is 101 Å². The van der Waals surface area contributed by atoms with E-state index in [1.165, 1.54) is 24.8 Å². The molecule has 5 rings (SSSR count). The molecule has 2 heterocycles. The van der Waals surface area contributed by atoms with Crippen LogP contribution in [0.1, 0.15) is 11.1 Å². The molecule has 0 aliphatic rings. The molecule has 5 aromatic rings. The smallest absolute Gasteiger partial charge is 0.300 e. The lowest BCUT2D eigenvalue weighted by Crippen LogP contribution is -2.13. The van der Waals surface area contributed by atoms with E-state index in [4.69, 9.17) is 9.15 Å². The average molecular weight is 487 g/mol. The number of anilines is 3. The van der Waals surface area contributed by atoms with Crippen LogP contribution in [-0.4, -0.2) is 25.5 Å². The fourth-order valence-electron chi connectivity index (χ4n) is 3.63. The highest BCUT2D eigenvalue weighted by molar-refractivity contribution is 7.92. The molecule has 0 atom stereocenters. The fourth-order valence-corrected chi connectivity index (χ4v) is 4.72. The van der Waals surface area contributed by atoms with E-state index in [1.54, 1.807) is 42.7 Å². The largest absolute Gasteiger partial charge is 0.495 e. The van der Waals surface area contributed by atoms with Crippen LogP contribution in [0.4, 0.5) is 17.4 Å². The van der Waals surface area contributed by atoms with Crippen molar-refractivity contribution in [2.45, 2.75) is 11.3 Å². The lowest BCUT2D eigenvalue weighted by molar-refractivity contribution is 0.417. The summed E-state index contributed by atoms with van der Waals surface area (Å²) in [6, 6.07) is 23.5. The van der Waals surface area contributed by atoms with Crippen LogP contribution in [-0.2, 0) is 16.4 Å². The molecule has 35 heavy (non-hydrogen) atoms. The van der Waals surface area contributed by atoms with E-state index in [9.17, 15) is 8.42 Å². The first kappa shape index (κ1) is 22.4. The van der Waals surface area contributed by atoms with Gasteiger partial charge in [0.1, 0.15) is 11.3 Å². The predicted molar refractivity (Wildman–Crippen MR) is 135 cm³/mol. The van der Waals surface area contributed by atoms with Crippen LogP contribution in [0.25, 0.3) is 11.1 Å². The van der Waals surface area contributed by atoms with Crippen molar-refractivity contribution >= 4 is 38.5 Å². The summed E-state index contributed by atoms with van der Waals surface area (Å²) in [5.74, 6) is 0.428. The number of methoxy groups -OCH3 is 1. The van der Waals surface area contributed by atoms with Crippen molar-refractivity contribution in [2.24, 2.45) is 0 Å². The first-order valence-electron chi connectivity index (χ1n) is 10.8. The van der Waals surface area contributed by atoms with Gasteiger partial charge in [0.25, 0.3) is 16.0 Å². The molecule has 0 spiro atoms. The first-order chi connectivity index (χ1) is 17.0. The molecule has 0 fully saturated rings. The second-order valence-corrected chi connectivity index (χ2v) is 9.49. The third-order valence-electron chi connectivity index (χ3n) is 5.38. The van der Waals surface area contributed by atoms with Crippen molar-refractivity contribution in [2.75, 3.05) is 17.1 Å². The molecule has 176 valence electrons. The van der Waals surface area contributed by atoms with Gasteiger partial charge in [0.15, 0.2) is 5.58 Å². The van der Waals surface area contributed by atoms with Crippen molar-refractivity contribution in [1.29, 1.82) is 0 Å². The Balaban J connectivity index is 1.32. The second-order valence-electron chi connectivity index (χ2n) is 7.81. The molecule has 0 radical (unpaired) electrons. The summed E-state index contributed by atoms with van der Waals surface area (Å²) in [5, 5.41) is 3.13. The zero-order valence-corrected chi connectivity index (χ0v) is 19.6. The van der Waals surface area contributed by atoms with Crippen LogP contribution in [0.3, 0.4) is 0 Å². The summed E-state index contributed by atoms with van der Waals surface area (Å²) in [4.78, 5) is 8.52. The number of nitrogens with one attached hydrogen (secondary N) is 2. The Morgan fingerprint density at radius 2 is 1.66 bits per heavy atom. The van der Waals surface area contributed by atoms with E-state index in [-0.39, 0.29) is 10.9 Å². The number of rotatable bonds is 8. The number of para-hydroxylation sites is 2. The van der Waals surface area contributed by atoms with Gasteiger partial charge in [-0.05, 0) is 72.1 Å². The standard InChI is InChI=1S/C26H22N4O4S/c1-33-24-5-3-2-4-22(24)30-35(31,32)21-10-11-25-23(17-21)29-26(34-25)28-20-8-6-18(7-9-20)16-19-12-14-27-15-13-19/h2-15,17,30H,16H2,1H3,(H,28,29). The molecule has 2 aromatic heterocycles. The van der Waals surface area contributed by atoms with E-state index in [1.807, 2.05) is 36.4 Å². The Hall–Kier alpha value is -4.37. The maximum Gasteiger partial charge on any atom is 0.300 e. The predicted octanol–water partition coefficient (Wildman–Crippen LogP) is 5.37. The quantitative estimate of drug-likeness (QED) is 0.304. The third-order valence-corrected chi connectivity index (χ3v) is 6.75. The van der Waals surface area contributed by atoms with E-state index in [0.29, 0.717) is 22.5 Å². The minimum Gasteiger partial charge on any atom is -0.495 e. The van der Waals surface area contributed by atoms with Crippen LogP contribution < -0.4 is 14.8 Å². The number of fused-ring (bicyclic) bond motifs is 1. The lowest BCUT2D eigenvalue weighted by Gasteiger charge is -2.11. The van der Waals surface area contributed by atoms with Gasteiger partial charge in [-0.3, -0.25) is 9.71 Å². The van der Waals surface area contributed by atoms with E-state index < -0.39 is 10.0 Å². The highest BCUT2D eigenvalue weighted by Crippen LogP contribution is 2.28. The van der Waals surface area contributed by atoms with Gasteiger partial charge >= 0.3 is 0 Å². The summed E-state index contributed by atoms with van der Waals surface area (Å²) in [7, 11) is -2.37. The van der Waals surface area contributed by atoms with Gasteiger partial charge in [-0.25, -0.2) is 8.42 Å². The number of aromatic nitrogens is 2. The fraction of sp³-hybridized carbons (Fsp3) is 0.0769. The summed E-state index contributed by atoms with van der Waals surface area (Å²) in [5.41, 5.74) is 4.40. The number of ether oxygens (including phenoxy) is 1. The zero-order chi connectivity index (χ0) is 24.3. The maximum absolute atomic E-state index is 12.9. The van der Waals surface area contributed by atoms with E-state index in [0.717, 1.165) is 17.7 Å². The van der Waals surface area contributed by atoms with Crippen molar-refractivity contribution in [3.05, 3.63) is 102 Å². The molecule has 9 heteroatoms. The van der Waals surface area contributed by atoms with Gasteiger partial charge in [-0.1, -0.05) is 24.3 Å². The number of hydrogen-bond donors (Lipinski definition) is 2. The molecular formula is C26H22N4O4S. The van der Waals surface area contributed by atoms with Gasteiger partial charge in [0.2, 0.25) is 0 Å². The molecule has 0 saturated carbocycles. The second kappa shape index (κ2) is 9.47. The Kier molecular flexibility index (Phi) is 6.07. The van der Waals surface area contributed by atoms with Crippen molar-refractivity contribution in [3.63, 3.8) is 0 Å². The normalized spacial score (nSPS) is 11.3. The molecule has 0 aliphatic heterocycles. The number of oxazole rings is 1. The summed E-state index contributed by atoms with van der Waals surface area (Å²) in [6.07, 6.45) is 4.37. The van der Waals surface area contributed by atoms with Gasteiger partial charge in [0, 0.05) is 18.1 Å². The number of benzene rings is 3. The van der Waals surface area contributed by atoms with Crippen LogP contribution in [0.2, 0.25) is 0 Å². The highest BCUT2D eigenvalue weighted by atomic mass is 32.2. The van der Waals surface area contributed by atoms with Gasteiger partial charge in [0.05, 0.1) is 17.7 Å². The first-order valence-corrected chi connectivity index (χ1v) is 12.3. The molecule has 0 bridgehead atoms. The minimum atomic E-state index is -3.85. The average Bonchev–Trinajstić information content (AvgIpc) is 3.27. The Labute approximate surface area is 202 Å². The molecule has 0 amide bonds. The van der Waals surface area contributed by atoms with Crippen LogP contribution in [0.5, 0.6) is 5.75 Å². The summed E-state index contributed by atoms with van der Waals surface area (Å²) in [6.45, 7) is 0. The molecule has 0 unspecified atom stereocenters. The molecule has 8 nitrogen and oxygen atoms in total. The Morgan fingerprint density at radius 1 is 0.914 bits per heavy atom. The summed E-state index contributed by atoms with van der Waals surface area (Å²) >= 11 is 0. The van der Waals surface area contributed by atoms with Crippen molar-refractivity contribution in [1.82, 2.24) is 9.97 Å². The molecule has 2 N–H and O–H groups in total. The van der Waals surface area contributed by atoms with Crippen LogP contribution in [0, 0.1) is 0 Å². The zero-order valence-electron chi connectivity index (χ0n) is 18.8. The maximum atomic E-state index is 12.9. The van der Waals surface area contributed by atoms with E-state index >= 15 is 0 Å². The highest BCUT2D eigenvalue weighted by Gasteiger charge is 2.18. The van der Waals surface area contributed by atoms with Crippen LogP contribution >= 0.6 is 0 Å². The number of sulfonamides is 1. The molecule has 0 aliphatic carbocycles. The third kappa shape index (κ3) is 5.10. The Morgan fingerprint density at radius 3 is 2.43 bits per heavy atom. The number of hydrogen-bond acceptors (Lipinski definition) is 7. The van der Waals surface area contributed by atoms with Crippen molar-refractivity contribution in [3.8, 4) is 5.75 Å². The Bertz CT molecular complexity index is 1570.